The van der Waals surface area contributed by atoms with Gasteiger partial charge in [0.15, 0.2) is 0 Å². The molecular weight excluding hydrogens is 375 g/mol. The Labute approximate surface area is 139 Å². The third-order valence-corrected chi connectivity index (χ3v) is 4.04. The SMILES string of the molecule is Cc1cc(I)ccc1NCC(=O)Nc1c(C)cccc1C. The van der Waals surface area contributed by atoms with Gasteiger partial charge in [0.25, 0.3) is 0 Å². The molecule has 2 aromatic carbocycles. The van der Waals surface area contributed by atoms with E-state index in [0.717, 1.165) is 28.1 Å². The zero-order valence-electron chi connectivity index (χ0n) is 12.5. The second kappa shape index (κ2) is 6.93. The Kier molecular flexibility index (Phi) is 5.22. The van der Waals surface area contributed by atoms with Gasteiger partial charge in [-0.25, -0.2) is 0 Å². The van der Waals surface area contributed by atoms with Crippen molar-refractivity contribution in [1.29, 1.82) is 0 Å². The number of halogens is 1. The van der Waals surface area contributed by atoms with Crippen molar-refractivity contribution in [3.63, 3.8) is 0 Å². The average Bonchev–Trinajstić information content (AvgIpc) is 2.42. The van der Waals surface area contributed by atoms with Gasteiger partial charge >= 0.3 is 0 Å². The highest BCUT2D eigenvalue weighted by atomic mass is 127. The normalized spacial score (nSPS) is 10.3. The minimum atomic E-state index is -0.0367. The topological polar surface area (TPSA) is 41.1 Å². The summed E-state index contributed by atoms with van der Waals surface area (Å²) in [6.45, 7) is 6.29. The van der Waals surface area contributed by atoms with E-state index < -0.39 is 0 Å². The molecule has 2 N–H and O–H groups in total. The number of carbonyl (C=O) groups is 1. The molecule has 2 aromatic rings. The summed E-state index contributed by atoms with van der Waals surface area (Å²) in [5.41, 5.74) is 5.19. The van der Waals surface area contributed by atoms with E-state index in [4.69, 9.17) is 0 Å². The number of benzene rings is 2. The van der Waals surface area contributed by atoms with Crippen LogP contribution in [0, 0.1) is 24.3 Å². The summed E-state index contributed by atoms with van der Waals surface area (Å²) in [5.74, 6) is -0.0367. The number of anilines is 2. The lowest BCUT2D eigenvalue weighted by Gasteiger charge is -2.13. The Balaban J connectivity index is 1.99. The van der Waals surface area contributed by atoms with Crippen LogP contribution < -0.4 is 10.6 Å². The van der Waals surface area contributed by atoms with Crippen LogP contribution in [0.25, 0.3) is 0 Å². The molecule has 0 aliphatic heterocycles. The number of amides is 1. The van der Waals surface area contributed by atoms with E-state index in [1.807, 2.05) is 51.1 Å². The molecule has 4 heteroatoms. The Bertz CT molecular complexity index is 648. The fraction of sp³-hybridized carbons (Fsp3) is 0.235. The van der Waals surface area contributed by atoms with Gasteiger partial charge in [0.2, 0.25) is 5.91 Å². The summed E-state index contributed by atoms with van der Waals surface area (Å²) < 4.78 is 1.19. The highest BCUT2D eigenvalue weighted by Crippen LogP contribution is 2.20. The molecule has 3 nitrogen and oxygen atoms in total. The minimum absolute atomic E-state index is 0.0367. The van der Waals surface area contributed by atoms with Gasteiger partial charge < -0.3 is 10.6 Å². The highest BCUT2D eigenvalue weighted by molar-refractivity contribution is 14.1. The van der Waals surface area contributed by atoms with Crippen LogP contribution in [0.5, 0.6) is 0 Å². The number of aryl methyl sites for hydroxylation is 3. The molecule has 0 heterocycles. The fourth-order valence-corrected chi connectivity index (χ4v) is 2.84. The van der Waals surface area contributed by atoms with Crippen molar-refractivity contribution in [2.45, 2.75) is 20.8 Å². The smallest absolute Gasteiger partial charge is 0.243 e. The van der Waals surface area contributed by atoms with Crippen LogP contribution in [-0.4, -0.2) is 12.5 Å². The predicted molar refractivity (Wildman–Crippen MR) is 96.9 cm³/mol. The van der Waals surface area contributed by atoms with Crippen LogP contribution in [0.1, 0.15) is 16.7 Å². The second-order valence-electron chi connectivity index (χ2n) is 5.13. The lowest BCUT2D eigenvalue weighted by molar-refractivity contribution is -0.114. The number of hydrogen-bond donors (Lipinski definition) is 2. The van der Waals surface area contributed by atoms with Crippen LogP contribution in [0.2, 0.25) is 0 Å². The lowest BCUT2D eigenvalue weighted by Crippen LogP contribution is -2.23. The van der Waals surface area contributed by atoms with Gasteiger partial charge in [-0.2, -0.15) is 0 Å². The number of nitrogens with one attached hydrogen (secondary N) is 2. The predicted octanol–water partition coefficient (Wildman–Crippen LogP) is 4.27. The van der Waals surface area contributed by atoms with Crippen molar-refractivity contribution in [3.05, 3.63) is 56.7 Å². The van der Waals surface area contributed by atoms with Gasteiger partial charge in [0, 0.05) is 14.9 Å². The summed E-state index contributed by atoms with van der Waals surface area (Å²) in [4.78, 5) is 12.1. The Hall–Kier alpha value is -1.56. The van der Waals surface area contributed by atoms with Gasteiger partial charge in [-0.1, -0.05) is 18.2 Å². The molecule has 0 aromatic heterocycles. The molecule has 0 radical (unpaired) electrons. The number of hydrogen-bond acceptors (Lipinski definition) is 2. The molecule has 1 amide bonds. The zero-order valence-corrected chi connectivity index (χ0v) is 14.6. The van der Waals surface area contributed by atoms with E-state index in [1.54, 1.807) is 0 Å². The molecule has 0 atom stereocenters. The summed E-state index contributed by atoms with van der Waals surface area (Å²) in [5, 5.41) is 6.16. The molecule has 0 fully saturated rings. The second-order valence-corrected chi connectivity index (χ2v) is 6.37. The summed E-state index contributed by atoms with van der Waals surface area (Å²) in [7, 11) is 0. The standard InChI is InChI=1S/C17H19IN2O/c1-11-5-4-6-12(2)17(11)20-16(21)10-19-15-8-7-14(18)9-13(15)3/h4-9,19H,10H2,1-3H3,(H,20,21). The largest absolute Gasteiger partial charge is 0.376 e. The maximum Gasteiger partial charge on any atom is 0.243 e. The lowest BCUT2D eigenvalue weighted by atomic mass is 10.1. The first-order chi connectivity index (χ1) is 9.97. The van der Waals surface area contributed by atoms with Crippen LogP contribution >= 0.6 is 22.6 Å². The van der Waals surface area contributed by atoms with Gasteiger partial charge in [0.05, 0.1) is 6.54 Å². The third kappa shape index (κ3) is 4.20. The van der Waals surface area contributed by atoms with Crippen LogP contribution in [0.15, 0.2) is 36.4 Å². The molecule has 110 valence electrons. The van der Waals surface area contributed by atoms with E-state index in [0.29, 0.717) is 0 Å². The monoisotopic (exact) mass is 394 g/mol. The first-order valence-electron chi connectivity index (χ1n) is 6.83. The molecule has 0 bridgehead atoms. The number of para-hydroxylation sites is 1. The van der Waals surface area contributed by atoms with E-state index in [1.165, 1.54) is 3.57 Å². The molecule has 2 rings (SSSR count). The first kappa shape index (κ1) is 15.8. The Morgan fingerprint density at radius 3 is 2.33 bits per heavy atom. The Morgan fingerprint density at radius 1 is 1.05 bits per heavy atom. The van der Waals surface area contributed by atoms with Crippen molar-refractivity contribution >= 4 is 39.9 Å². The van der Waals surface area contributed by atoms with E-state index in [-0.39, 0.29) is 12.5 Å². The molecule has 21 heavy (non-hydrogen) atoms. The van der Waals surface area contributed by atoms with E-state index in [9.17, 15) is 4.79 Å². The molecule has 0 spiro atoms. The highest BCUT2D eigenvalue weighted by Gasteiger charge is 2.07. The summed E-state index contributed by atoms with van der Waals surface area (Å²) in [6, 6.07) is 12.1. The maximum atomic E-state index is 12.1. The fourth-order valence-electron chi connectivity index (χ4n) is 2.20. The van der Waals surface area contributed by atoms with Gasteiger partial charge in [0.1, 0.15) is 0 Å². The van der Waals surface area contributed by atoms with Gasteiger partial charge in [-0.05, 0) is 78.3 Å². The van der Waals surface area contributed by atoms with E-state index >= 15 is 0 Å². The van der Waals surface area contributed by atoms with Crippen LogP contribution in [0.4, 0.5) is 11.4 Å². The quantitative estimate of drug-likeness (QED) is 0.761. The Morgan fingerprint density at radius 2 is 1.71 bits per heavy atom. The van der Waals surface area contributed by atoms with Crippen LogP contribution in [-0.2, 0) is 4.79 Å². The molecular formula is C17H19IN2O. The van der Waals surface area contributed by atoms with Crippen molar-refractivity contribution in [1.82, 2.24) is 0 Å². The molecule has 0 saturated heterocycles. The van der Waals surface area contributed by atoms with Crippen LogP contribution in [0.3, 0.4) is 0 Å². The summed E-state index contributed by atoms with van der Waals surface area (Å²) >= 11 is 2.28. The number of rotatable bonds is 4. The average molecular weight is 394 g/mol. The maximum absolute atomic E-state index is 12.1. The van der Waals surface area contributed by atoms with Gasteiger partial charge in [-0.15, -0.1) is 0 Å². The molecule has 0 saturated carbocycles. The van der Waals surface area contributed by atoms with Crippen molar-refractivity contribution in [2.24, 2.45) is 0 Å². The minimum Gasteiger partial charge on any atom is -0.376 e. The van der Waals surface area contributed by atoms with Gasteiger partial charge in [-0.3, -0.25) is 4.79 Å². The molecule has 0 aliphatic rings. The molecule has 0 unspecified atom stereocenters. The van der Waals surface area contributed by atoms with Crippen molar-refractivity contribution in [3.8, 4) is 0 Å². The number of carbonyl (C=O) groups excluding carboxylic acids is 1. The zero-order chi connectivity index (χ0) is 15.4. The van der Waals surface area contributed by atoms with Crippen molar-refractivity contribution in [2.75, 3.05) is 17.2 Å². The molecule has 0 aliphatic carbocycles. The first-order valence-corrected chi connectivity index (χ1v) is 7.91. The third-order valence-electron chi connectivity index (χ3n) is 3.37. The van der Waals surface area contributed by atoms with Crippen molar-refractivity contribution < 1.29 is 4.79 Å². The van der Waals surface area contributed by atoms with E-state index in [2.05, 4.69) is 39.3 Å². The summed E-state index contributed by atoms with van der Waals surface area (Å²) in [6.07, 6.45) is 0.